The first-order chi connectivity index (χ1) is 11.4. The molecule has 1 saturated heterocycles. The fraction of sp³-hybridized carbons (Fsp3) is 0.647. The van der Waals surface area contributed by atoms with Gasteiger partial charge in [-0.05, 0) is 33.6 Å². The fourth-order valence-electron chi connectivity index (χ4n) is 3.20. The highest BCUT2D eigenvalue weighted by Crippen LogP contribution is 2.39. The van der Waals surface area contributed by atoms with Gasteiger partial charge in [-0.1, -0.05) is 5.21 Å². The van der Waals surface area contributed by atoms with E-state index >= 15 is 0 Å². The molecule has 2 aromatic rings. The first-order valence-corrected chi connectivity index (χ1v) is 8.70. The number of β-amino-alcohol motifs (C(OH)–C–C–N with tert-alkyl or cyclic N) is 1. The lowest BCUT2D eigenvalue weighted by Crippen LogP contribution is -2.31. The molecule has 2 fully saturated rings. The molecule has 128 valence electrons. The molecule has 7 heteroatoms. The second-order valence-corrected chi connectivity index (χ2v) is 7.38. The van der Waals surface area contributed by atoms with E-state index in [4.69, 9.17) is 4.98 Å². The van der Waals surface area contributed by atoms with E-state index in [1.165, 1.54) is 12.8 Å². The number of nitrogens with zero attached hydrogens (tertiary/aromatic N) is 6. The van der Waals surface area contributed by atoms with E-state index in [-0.39, 0.29) is 6.04 Å². The van der Waals surface area contributed by atoms with Crippen LogP contribution in [-0.4, -0.2) is 43.2 Å². The Kier molecular flexibility index (Phi) is 3.56. The summed E-state index contributed by atoms with van der Waals surface area (Å²) >= 11 is 0. The zero-order chi connectivity index (χ0) is 16.9. The standard InChI is InChI=1S/C17H24N6O/c1-11(2)23-9-14(20-21-23)17(24)6-7-22(10-17)15-8-12(3)18-16(19-15)13-4-5-13/h8-9,11,13,24H,4-7,10H2,1-3H3/t17-/m0/s1. The van der Waals surface area contributed by atoms with Crippen molar-refractivity contribution in [2.45, 2.75) is 57.6 Å². The van der Waals surface area contributed by atoms with Crippen molar-refractivity contribution in [1.29, 1.82) is 0 Å². The molecule has 0 bridgehead atoms. The van der Waals surface area contributed by atoms with Crippen LogP contribution in [-0.2, 0) is 5.60 Å². The molecule has 4 rings (SSSR count). The highest BCUT2D eigenvalue weighted by atomic mass is 16.3. The fourth-order valence-corrected chi connectivity index (χ4v) is 3.20. The predicted octanol–water partition coefficient (Wildman–Crippen LogP) is 1.93. The molecule has 1 atom stereocenters. The highest BCUT2D eigenvalue weighted by molar-refractivity contribution is 5.43. The van der Waals surface area contributed by atoms with Crippen molar-refractivity contribution in [3.8, 4) is 0 Å². The number of hydrogen-bond acceptors (Lipinski definition) is 6. The van der Waals surface area contributed by atoms with Crippen LogP contribution in [0, 0.1) is 6.92 Å². The Hall–Kier alpha value is -2.02. The summed E-state index contributed by atoms with van der Waals surface area (Å²) in [4.78, 5) is 11.4. The lowest BCUT2D eigenvalue weighted by Gasteiger charge is -2.22. The number of anilines is 1. The summed E-state index contributed by atoms with van der Waals surface area (Å²) in [6, 6.07) is 2.24. The third kappa shape index (κ3) is 2.77. The van der Waals surface area contributed by atoms with E-state index in [1.807, 2.05) is 33.0 Å². The van der Waals surface area contributed by atoms with Gasteiger partial charge in [0.15, 0.2) is 0 Å². The Morgan fingerprint density at radius 1 is 1.29 bits per heavy atom. The Morgan fingerprint density at radius 3 is 2.75 bits per heavy atom. The van der Waals surface area contributed by atoms with Gasteiger partial charge in [0.05, 0.1) is 12.7 Å². The highest BCUT2D eigenvalue weighted by Gasteiger charge is 2.41. The van der Waals surface area contributed by atoms with Crippen LogP contribution in [0.15, 0.2) is 12.3 Å². The van der Waals surface area contributed by atoms with E-state index in [9.17, 15) is 5.11 Å². The molecule has 24 heavy (non-hydrogen) atoms. The SMILES string of the molecule is Cc1cc(N2CC[C@@](O)(c3cn(C(C)C)nn3)C2)nc(C2CC2)n1. The van der Waals surface area contributed by atoms with Crippen molar-refractivity contribution in [2.75, 3.05) is 18.0 Å². The number of rotatable bonds is 4. The summed E-state index contributed by atoms with van der Waals surface area (Å²) in [6.07, 6.45) is 4.86. The van der Waals surface area contributed by atoms with E-state index in [0.29, 0.717) is 24.6 Å². The Balaban J connectivity index is 1.57. The van der Waals surface area contributed by atoms with Crippen molar-refractivity contribution >= 4 is 5.82 Å². The van der Waals surface area contributed by atoms with Crippen LogP contribution in [0.25, 0.3) is 0 Å². The van der Waals surface area contributed by atoms with Crippen LogP contribution >= 0.6 is 0 Å². The van der Waals surface area contributed by atoms with E-state index in [0.717, 1.165) is 23.9 Å². The van der Waals surface area contributed by atoms with Crippen molar-refractivity contribution < 1.29 is 5.11 Å². The molecule has 0 spiro atoms. The van der Waals surface area contributed by atoms with Crippen molar-refractivity contribution in [3.05, 3.63) is 29.5 Å². The maximum absolute atomic E-state index is 11.0. The zero-order valence-electron chi connectivity index (χ0n) is 14.5. The summed E-state index contributed by atoms with van der Waals surface area (Å²) in [7, 11) is 0. The minimum Gasteiger partial charge on any atom is -0.381 e. The molecule has 7 nitrogen and oxygen atoms in total. The van der Waals surface area contributed by atoms with E-state index in [1.54, 1.807) is 4.68 Å². The van der Waals surface area contributed by atoms with Gasteiger partial charge in [-0.2, -0.15) is 0 Å². The Morgan fingerprint density at radius 2 is 2.08 bits per heavy atom. The van der Waals surface area contributed by atoms with Gasteiger partial charge in [0.25, 0.3) is 0 Å². The van der Waals surface area contributed by atoms with Gasteiger partial charge in [0.1, 0.15) is 22.9 Å². The summed E-state index contributed by atoms with van der Waals surface area (Å²) in [6.45, 7) is 7.35. The van der Waals surface area contributed by atoms with Crippen molar-refractivity contribution in [2.24, 2.45) is 0 Å². The molecule has 1 saturated carbocycles. The summed E-state index contributed by atoms with van der Waals surface area (Å²) in [5.41, 5.74) is 0.668. The van der Waals surface area contributed by atoms with Gasteiger partial charge in [0.2, 0.25) is 0 Å². The quantitative estimate of drug-likeness (QED) is 0.924. The number of aryl methyl sites for hydroxylation is 1. The van der Waals surface area contributed by atoms with Gasteiger partial charge in [-0.25, -0.2) is 14.6 Å². The first-order valence-electron chi connectivity index (χ1n) is 8.70. The molecule has 3 heterocycles. The molecule has 0 unspecified atom stereocenters. The smallest absolute Gasteiger partial charge is 0.134 e. The maximum Gasteiger partial charge on any atom is 0.134 e. The zero-order valence-corrected chi connectivity index (χ0v) is 14.5. The molecule has 2 aliphatic rings. The molecular weight excluding hydrogens is 304 g/mol. The third-order valence-corrected chi connectivity index (χ3v) is 4.89. The molecule has 1 aliphatic carbocycles. The van der Waals surface area contributed by atoms with E-state index in [2.05, 4.69) is 20.2 Å². The molecule has 0 aromatic carbocycles. The topological polar surface area (TPSA) is 80.0 Å². The lowest BCUT2D eigenvalue weighted by molar-refractivity contribution is 0.0559. The first kappa shape index (κ1) is 15.5. The molecule has 0 radical (unpaired) electrons. The average Bonchev–Trinajstić information content (AvgIpc) is 3.11. The van der Waals surface area contributed by atoms with Crippen LogP contribution < -0.4 is 4.90 Å². The van der Waals surface area contributed by atoms with Crippen LogP contribution in [0.1, 0.15) is 62.3 Å². The average molecular weight is 328 g/mol. The molecule has 1 N–H and O–H groups in total. The number of aliphatic hydroxyl groups is 1. The predicted molar refractivity (Wildman–Crippen MR) is 89.9 cm³/mol. The van der Waals surface area contributed by atoms with Crippen LogP contribution in [0.3, 0.4) is 0 Å². The van der Waals surface area contributed by atoms with E-state index < -0.39 is 5.60 Å². The lowest BCUT2D eigenvalue weighted by atomic mass is 10.00. The minimum atomic E-state index is -0.967. The largest absolute Gasteiger partial charge is 0.381 e. The van der Waals surface area contributed by atoms with Gasteiger partial charge in [0, 0.05) is 36.7 Å². The van der Waals surface area contributed by atoms with Crippen LogP contribution in [0.5, 0.6) is 0 Å². The molecule has 1 aliphatic heterocycles. The molecule has 2 aromatic heterocycles. The summed E-state index contributed by atoms with van der Waals surface area (Å²) < 4.78 is 1.79. The molecular formula is C17H24N6O. The minimum absolute atomic E-state index is 0.234. The van der Waals surface area contributed by atoms with Crippen molar-refractivity contribution in [3.63, 3.8) is 0 Å². The summed E-state index contributed by atoms with van der Waals surface area (Å²) in [5, 5.41) is 19.4. The second kappa shape index (κ2) is 5.51. The number of hydrogen-bond donors (Lipinski definition) is 1. The van der Waals surface area contributed by atoms with Gasteiger partial charge >= 0.3 is 0 Å². The van der Waals surface area contributed by atoms with Gasteiger partial charge in [-0.3, -0.25) is 0 Å². The van der Waals surface area contributed by atoms with Crippen LogP contribution in [0.2, 0.25) is 0 Å². The maximum atomic E-state index is 11.0. The Bertz CT molecular complexity index is 753. The molecule has 0 amide bonds. The second-order valence-electron chi connectivity index (χ2n) is 7.38. The normalized spacial score (nSPS) is 24.1. The van der Waals surface area contributed by atoms with Gasteiger partial charge in [-0.15, -0.1) is 5.10 Å². The summed E-state index contributed by atoms with van der Waals surface area (Å²) in [5.74, 6) is 2.39. The van der Waals surface area contributed by atoms with Crippen molar-refractivity contribution in [1.82, 2.24) is 25.0 Å². The van der Waals surface area contributed by atoms with Gasteiger partial charge < -0.3 is 10.0 Å². The van der Waals surface area contributed by atoms with Crippen LogP contribution in [0.4, 0.5) is 5.82 Å². The third-order valence-electron chi connectivity index (χ3n) is 4.89. The number of aromatic nitrogens is 5. The monoisotopic (exact) mass is 328 g/mol. The Labute approximate surface area is 141 Å².